The largest absolute Gasteiger partial charge is 0.496 e. The third kappa shape index (κ3) is 5.37. The van der Waals surface area contributed by atoms with Crippen molar-refractivity contribution in [3.8, 4) is 5.75 Å². The molecule has 1 fully saturated rings. The summed E-state index contributed by atoms with van der Waals surface area (Å²) >= 11 is 1.76. The van der Waals surface area contributed by atoms with Crippen molar-refractivity contribution in [2.45, 2.75) is 51.0 Å². The van der Waals surface area contributed by atoms with Crippen molar-refractivity contribution in [1.29, 1.82) is 0 Å². The molecular formula is C21H31IN4OS. The van der Waals surface area contributed by atoms with Crippen LogP contribution in [0.4, 0.5) is 0 Å². The number of hydrogen-bond acceptors (Lipinski definition) is 4. The summed E-state index contributed by atoms with van der Waals surface area (Å²) in [6.45, 7) is 3.71. The first kappa shape index (κ1) is 22.9. The number of guanidine groups is 1. The Labute approximate surface area is 189 Å². The molecule has 1 aromatic heterocycles. The second kappa shape index (κ2) is 11.0. The predicted octanol–water partition coefficient (Wildman–Crippen LogP) is 4.51. The highest BCUT2D eigenvalue weighted by Gasteiger charge is 2.37. The number of methoxy groups -OCH3 is 1. The number of nitrogens with zero attached hydrogens (tertiary/aromatic N) is 2. The third-order valence-corrected chi connectivity index (χ3v) is 6.56. The predicted molar refractivity (Wildman–Crippen MR) is 128 cm³/mol. The zero-order valence-corrected chi connectivity index (χ0v) is 20.1. The second-order valence-corrected chi connectivity index (χ2v) is 8.24. The number of nitrogens with one attached hydrogen (secondary N) is 2. The molecule has 1 heterocycles. The molecule has 154 valence electrons. The van der Waals surface area contributed by atoms with E-state index >= 15 is 0 Å². The Hall–Kier alpha value is -1.35. The Bertz CT molecular complexity index is 771. The first-order valence-corrected chi connectivity index (χ1v) is 10.5. The molecule has 0 unspecified atom stereocenters. The fourth-order valence-electron chi connectivity index (χ4n) is 3.90. The summed E-state index contributed by atoms with van der Waals surface area (Å²) in [4.78, 5) is 10.2. The van der Waals surface area contributed by atoms with Crippen molar-refractivity contribution in [2.24, 2.45) is 4.99 Å². The quantitative estimate of drug-likeness (QED) is 0.325. The minimum Gasteiger partial charge on any atom is -0.496 e. The number of rotatable bonds is 7. The molecule has 1 aliphatic carbocycles. The fourth-order valence-corrected chi connectivity index (χ4v) is 4.70. The molecule has 7 heteroatoms. The van der Waals surface area contributed by atoms with Crippen LogP contribution in [0.3, 0.4) is 0 Å². The third-order valence-electron chi connectivity index (χ3n) is 5.41. The van der Waals surface area contributed by atoms with Crippen molar-refractivity contribution in [1.82, 2.24) is 15.6 Å². The molecule has 0 radical (unpaired) electrons. The van der Waals surface area contributed by atoms with Gasteiger partial charge >= 0.3 is 0 Å². The van der Waals surface area contributed by atoms with Gasteiger partial charge in [-0.15, -0.1) is 35.3 Å². The first-order chi connectivity index (χ1) is 13.2. The van der Waals surface area contributed by atoms with E-state index in [1.165, 1.54) is 36.1 Å². The van der Waals surface area contributed by atoms with Gasteiger partial charge in [-0.2, -0.15) is 0 Å². The lowest BCUT2D eigenvalue weighted by atomic mass is 9.78. The molecule has 2 N–H and O–H groups in total. The lowest BCUT2D eigenvalue weighted by Crippen LogP contribution is -2.44. The van der Waals surface area contributed by atoms with E-state index in [1.807, 2.05) is 19.3 Å². The number of hydrogen-bond donors (Lipinski definition) is 2. The summed E-state index contributed by atoms with van der Waals surface area (Å²) in [5, 5.41) is 8.05. The van der Waals surface area contributed by atoms with Gasteiger partial charge in [-0.05, 0) is 25.3 Å². The van der Waals surface area contributed by atoms with Crippen molar-refractivity contribution < 1.29 is 4.74 Å². The fraction of sp³-hybridized carbons (Fsp3) is 0.524. The van der Waals surface area contributed by atoms with E-state index in [-0.39, 0.29) is 29.4 Å². The molecule has 2 aromatic rings. The average molecular weight is 514 g/mol. The van der Waals surface area contributed by atoms with Crippen LogP contribution >= 0.6 is 35.3 Å². The standard InChI is InChI=1S/C21H30N4OS.HI/c1-4-16-13-23-19(27-16)14-24-20(22-2)25-15-21(11-7-8-12-21)17-9-5-6-10-18(17)26-3;/h5-6,9-10,13H,4,7-8,11-12,14-15H2,1-3H3,(H2,22,24,25);1H. The van der Waals surface area contributed by atoms with Crippen molar-refractivity contribution in [2.75, 3.05) is 20.7 Å². The van der Waals surface area contributed by atoms with Gasteiger partial charge in [0.2, 0.25) is 0 Å². The zero-order valence-electron chi connectivity index (χ0n) is 17.0. The van der Waals surface area contributed by atoms with Gasteiger partial charge in [0.05, 0.1) is 13.7 Å². The number of ether oxygens (including phenoxy) is 1. The van der Waals surface area contributed by atoms with Gasteiger partial charge in [-0.3, -0.25) is 4.99 Å². The summed E-state index contributed by atoms with van der Waals surface area (Å²) in [5.41, 5.74) is 1.40. The first-order valence-electron chi connectivity index (χ1n) is 9.72. The molecule has 3 rings (SSSR count). The summed E-state index contributed by atoms with van der Waals surface area (Å²) in [7, 11) is 3.58. The zero-order chi connectivity index (χ0) is 19.1. The minimum absolute atomic E-state index is 0. The highest BCUT2D eigenvalue weighted by molar-refractivity contribution is 14.0. The number of aliphatic imine (C=N–C) groups is 1. The lowest BCUT2D eigenvalue weighted by Gasteiger charge is -2.32. The van der Waals surface area contributed by atoms with Gasteiger partial charge in [-0.1, -0.05) is 38.0 Å². The molecule has 0 aliphatic heterocycles. The molecule has 1 aromatic carbocycles. The Balaban J connectivity index is 0.00000280. The molecule has 0 bridgehead atoms. The van der Waals surface area contributed by atoms with Gasteiger partial charge in [0.15, 0.2) is 5.96 Å². The Morgan fingerprint density at radius 2 is 2.00 bits per heavy atom. The Morgan fingerprint density at radius 3 is 2.64 bits per heavy atom. The molecule has 1 aliphatic rings. The Kier molecular flexibility index (Phi) is 9.01. The highest BCUT2D eigenvalue weighted by atomic mass is 127. The smallest absolute Gasteiger partial charge is 0.191 e. The normalized spacial score (nSPS) is 15.8. The monoisotopic (exact) mass is 514 g/mol. The van der Waals surface area contributed by atoms with Crippen molar-refractivity contribution in [3.63, 3.8) is 0 Å². The van der Waals surface area contributed by atoms with Crippen LogP contribution in [-0.4, -0.2) is 31.6 Å². The van der Waals surface area contributed by atoms with Crippen molar-refractivity contribution in [3.05, 3.63) is 45.9 Å². The number of aryl methyl sites for hydroxylation is 1. The van der Waals surface area contributed by atoms with Crippen LogP contribution in [0.1, 0.15) is 48.1 Å². The summed E-state index contributed by atoms with van der Waals surface area (Å²) < 4.78 is 5.65. The number of aromatic nitrogens is 1. The molecule has 28 heavy (non-hydrogen) atoms. The lowest BCUT2D eigenvalue weighted by molar-refractivity contribution is 0.371. The van der Waals surface area contributed by atoms with Crippen LogP contribution in [0.2, 0.25) is 0 Å². The van der Waals surface area contributed by atoms with E-state index in [0.29, 0.717) is 6.54 Å². The SMILES string of the molecule is CCc1cnc(CNC(=NC)NCC2(c3ccccc3OC)CCCC2)s1.I. The van der Waals surface area contributed by atoms with E-state index in [9.17, 15) is 0 Å². The minimum atomic E-state index is 0. The van der Waals surface area contributed by atoms with Crippen LogP contribution < -0.4 is 15.4 Å². The van der Waals surface area contributed by atoms with E-state index in [0.717, 1.165) is 29.7 Å². The maximum absolute atomic E-state index is 5.65. The average Bonchev–Trinajstić information content (AvgIpc) is 3.38. The molecule has 0 saturated heterocycles. The molecule has 1 saturated carbocycles. The van der Waals surface area contributed by atoms with Crippen LogP contribution in [0, 0.1) is 0 Å². The summed E-state index contributed by atoms with van der Waals surface area (Å²) in [5.74, 6) is 1.81. The molecular weight excluding hydrogens is 483 g/mol. The number of para-hydroxylation sites is 1. The number of thiazole rings is 1. The van der Waals surface area contributed by atoms with E-state index in [4.69, 9.17) is 4.74 Å². The molecule has 5 nitrogen and oxygen atoms in total. The van der Waals surface area contributed by atoms with Gasteiger partial charge in [0.25, 0.3) is 0 Å². The Morgan fingerprint density at radius 1 is 1.25 bits per heavy atom. The van der Waals surface area contributed by atoms with Gasteiger partial charge in [0, 0.05) is 35.6 Å². The van der Waals surface area contributed by atoms with E-state index in [1.54, 1.807) is 18.4 Å². The van der Waals surface area contributed by atoms with Crippen LogP contribution in [0.25, 0.3) is 0 Å². The van der Waals surface area contributed by atoms with Gasteiger partial charge < -0.3 is 15.4 Å². The summed E-state index contributed by atoms with van der Waals surface area (Å²) in [6.07, 6.45) is 7.85. The highest BCUT2D eigenvalue weighted by Crippen LogP contribution is 2.44. The maximum atomic E-state index is 5.65. The number of benzene rings is 1. The topological polar surface area (TPSA) is 58.5 Å². The van der Waals surface area contributed by atoms with Crippen LogP contribution in [-0.2, 0) is 18.4 Å². The maximum Gasteiger partial charge on any atom is 0.191 e. The van der Waals surface area contributed by atoms with E-state index in [2.05, 4.69) is 45.7 Å². The van der Waals surface area contributed by atoms with Crippen LogP contribution in [0.5, 0.6) is 5.75 Å². The molecule has 0 spiro atoms. The molecule has 0 atom stereocenters. The van der Waals surface area contributed by atoms with Gasteiger partial charge in [-0.25, -0.2) is 4.98 Å². The second-order valence-electron chi connectivity index (χ2n) is 7.04. The summed E-state index contributed by atoms with van der Waals surface area (Å²) in [6, 6.07) is 8.43. The van der Waals surface area contributed by atoms with Gasteiger partial charge in [0.1, 0.15) is 10.8 Å². The molecule has 0 amide bonds. The van der Waals surface area contributed by atoms with Crippen molar-refractivity contribution >= 4 is 41.3 Å². The van der Waals surface area contributed by atoms with Crippen LogP contribution in [0.15, 0.2) is 35.5 Å². The number of halogens is 1. The van der Waals surface area contributed by atoms with E-state index < -0.39 is 0 Å².